The van der Waals surface area contributed by atoms with Crippen LogP contribution in [-0.2, 0) is 4.74 Å². The molecule has 0 bridgehead atoms. The quantitative estimate of drug-likeness (QED) is 0.595. The summed E-state index contributed by atoms with van der Waals surface area (Å²) in [4.78, 5) is 25.5. The van der Waals surface area contributed by atoms with Gasteiger partial charge in [0.15, 0.2) is 5.69 Å². The summed E-state index contributed by atoms with van der Waals surface area (Å²) in [6.45, 7) is 0.158. The summed E-state index contributed by atoms with van der Waals surface area (Å²) in [5.74, 6) is -0.425. The van der Waals surface area contributed by atoms with Gasteiger partial charge in [-0.15, -0.1) is 0 Å². The van der Waals surface area contributed by atoms with Crippen LogP contribution in [0, 0.1) is 0 Å². The Kier molecular flexibility index (Phi) is 4.07. The molecular weight excluding hydrogens is 212 g/mol. The number of amides is 2. The molecule has 0 saturated carbocycles. The number of ether oxygens (including phenoxy) is 1. The van der Waals surface area contributed by atoms with Gasteiger partial charge in [0.25, 0.3) is 5.91 Å². The molecule has 0 aliphatic heterocycles. The van der Waals surface area contributed by atoms with E-state index in [4.69, 9.17) is 11.5 Å². The predicted octanol–water partition coefficient (Wildman–Crippen LogP) is -0.511. The highest BCUT2D eigenvalue weighted by Gasteiger charge is 2.09. The average molecular weight is 224 g/mol. The summed E-state index contributed by atoms with van der Waals surface area (Å²) in [7, 11) is 0. The normalized spacial score (nSPS) is 9.50. The number of nitrogen functional groups attached to an aromatic ring is 1. The monoisotopic (exact) mass is 224 g/mol. The first kappa shape index (κ1) is 11.8. The van der Waals surface area contributed by atoms with Gasteiger partial charge in [-0.05, 0) is 12.1 Å². The number of hydrogen-bond donors (Lipinski definition) is 3. The third kappa shape index (κ3) is 3.45. The molecule has 1 heterocycles. The largest absolute Gasteiger partial charge is 0.448 e. The standard InChI is InChI=1S/C9H12N4O3/c10-6-2-1-3-12-7(6)8(14)13-4-5-16-9(11)15/h1-3H,4-5,10H2,(H2,11,15)(H,13,14). The minimum atomic E-state index is -0.883. The van der Waals surface area contributed by atoms with Crippen LogP contribution in [0.3, 0.4) is 0 Å². The van der Waals surface area contributed by atoms with Crippen molar-refractivity contribution in [2.75, 3.05) is 18.9 Å². The molecule has 0 saturated heterocycles. The molecule has 0 atom stereocenters. The van der Waals surface area contributed by atoms with Gasteiger partial charge in [0.05, 0.1) is 12.2 Å². The van der Waals surface area contributed by atoms with E-state index in [-0.39, 0.29) is 24.5 Å². The highest BCUT2D eigenvalue weighted by atomic mass is 16.5. The summed E-state index contributed by atoms with van der Waals surface area (Å²) in [5, 5.41) is 2.48. The lowest BCUT2D eigenvalue weighted by Gasteiger charge is -2.06. The molecule has 7 nitrogen and oxygen atoms in total. The van der Waals surface area contributed by atoms with Crippen LogP contribution >= 0.6 is 0 Å². The first-order valence-corrected chi connectivity index (χ1v) is 4.52. The van der Waals surface area contributed by atoms with Crippen molar-refractivity contribution in [1.29, 1.82) is 0 Å². The van der Waals surface area contributed by atoms with Crippen molar-refractivity contribution in [3.8, 4) is 0 Å². The molecule has 86 valence electrons. The Morgan fingerprint density at radius 2 is 2.25 bits per heavy atom. The van der Waals surface area contributed by atoms with Crippen molar-refractivity contribution in [3.63, 3.8) is 0 Å². The molecule has 2 amide bonds. The van der Waals surface area contributed by atoms with E-state index < -0.39 is 12.0 Å². The Labute approximate surface area is 91.8 Å². The topological polar surface area (TPSA) is 120 Å². The minimum absolute atomic E-state index is 0.00775. The lowest BCUT2D eigenvalue weighted by atomic mass is 10.3. The first-order valence-electron chi connectivity index (χ1n) is 4.52. The maximum absolute atomic E-state index is 11.5. The van der Waals surface area contributed by atoms with Crippen molar-refractivity contribution < 1.29 is 14.3 Å². The lowest BCUT2D eigenvalue weighted by Crippen LogP contribution is -2.30. The second-order valence-electron chi connectivity index (χ2n) is 2.86. The number of carbonyl (C=O) groups is 2. The Morgan fingerprint density at radius 3 is 2.88 bits per heavy atom. The number of rotatable bonds is 4. The fourth-order valence-electron chi connectivity index (χ4n) is 1.01. The average Bonchev–Trinajstić information content (AvgIpc) is 2.24. The van der Waals surface area contributed by atoms with Crippen LogP contribution in [0.2, 0.25) is 0 Å². The number of nitrogens with zero attached hydrogens (tertiary/aromatic N) is 1. The number of aromatic nitrogens is 1. The van der Waals surface area contributed by atoms with Crippen molar-refractivity contribution in [2.24, 2.45) is 5.73 Å². The highest BCUT2D eigenvalue weighted by Crippen LogP contribution is 2.05. The molecular formula is C9H12N4O3. The molecule has 0 aliphatic carbocycles. The lowest BCUT2D eigenvalue weighted by molar-refractivity contribution is 0.0933. The fourth-order valence-corrected chi connectivity index (χ4v) is 1.01. The number of anilines is 1. The molecule has 7 heteroatoms. The minimum Gasteiger partial charge on any atom is -0.448 e. The maximum Gasteiger partial charge on any atom is 0.404 e. The number of primary amides is 1. The first-order chi connectivity index (χ1) is 7.61. The molecule has 1 aromatic rings. The molecule has 5 N–H and O–H groups in total. The van der Waals surface area contributed by atoms with Crippen LogP contribution in [0.25, 0.3) is 0 Å². The molecule has 1 rings (SSSR count). The summed E-state index contributed by atoms with van der Waals surface area (Å²) in [5.41, 5.74) is 10.7. The highest BCUT2D eigenvalue weighted by molar-refractivity contribution is 5.96. The summed E-state index contributed by atoms with van der Waals surface area (Å²) in [6.07, 6.45) is 0.581. The zero-order chi connectivity index (χ0) is 12.0. The molecule has 0 aromatic carbocycles. The molecule has 0 unspecified atom stereocenters. The van der Waals surface area contributed by atoms with E-state index in [9.17, 15) is 9.59 Å². The van der Waals surface area contributed by atoms with Gasteiger partial charge in [0.1, 0.15) is 6.61 Å². The number of carbonyl (C=O) groups excluding carboxylic acids is 2. The van der Waals surface area contributed by atoms with E-state index in [1.165, 1.54) is 6.20 Å². The van der Waals surface area contributed by atoms with Crippen LogP contribution in [0.15, 0.2) is 18.3 Å². The van der Waals surface area contributed by atoms with Gasteiger partial charge in [0.2, 0.25) is 0 Å². The fraction of sp³-hybridized carbons (Fsp3) is 0.222. The Morgan fingerprint density at radius 1 is 1.50 bits per heavy atom. The molecule has 0 spiro atoms. The second kappa shape index (κ2) is 5.54. The van der Waals surface area contributed by atoms with Gasteiger partial charge in [-0.3, -0.25) is 4.79 Å². The Bertz CT molecular complexity index is 394. The second-order valence-corrected chi connectivity index (χ2v) is 2.86. The number of nitrogens with one attached hydrogen (secondary N) is 1. The SMILES string of the molecule is NC(=O)OCCNC(=O)c1ncccc1N. The van der Waals surface area contributed by atoms with E-state index in [1.54, 1.807) is 12.1 Å². The number of hydrogen-bond acceptors (Lipinski definition) is 5. The maximum atomic E-state index is 11.5. The number of nitrogens with two attached hydrogens (primary N) is 2. The van der Waals surface area contributed by atoms with E-state index in [2.05, 4.69) is 15.0 Å². The van der Waals surface area contributed by atoms with Crippen molar-refractivity contribution in [2.45, 2.75) is 0 Å². The summed E-state index contributed by atoms with van der Waals surface area (Å²) in [6, 6.07) is 3.20. The third-order valence-electron chi connectivity index (χ3n) is 1.69. The van der Waals surface area contributed by atoms with Gasteiger partial charge >= 0.3 is 6.09 Å². The molecule has 0 aliphatic rings. The van der Waals surface area contributed by atoms with Crippen molar-refractivity contribution in [1.82, 2.24) is 10.3 Å². The Balaban J connectivity index is 2.41. The smallest absolute Gasteiger partial charge is 0.404 e. The molecule has 0 fully saturated rings. The predicted molar refractivity (Wildman–Crippen MR) is 56.5 cm³/mol. The summed E-state index contributed by atoms with van der Waals surface area (Å²) >= 11 is 0. The van der Waals surface area contributed by atoms with Gasteiger partial charge in [-0.1, -0.05) is 0 Å². The summed E-state index contributed by atoms with van der Waals surface area (Å²) < 4.78 is 4.43. The molecule has 16 heavy (non-hydrogen) atoms. The third-order valence-corrected chi connectivity index (χ3v) is 1.69. The van der Waals surface area contributed by atoms with Gasteiger partial charge < -0.3 is 21.5 Å². The van der Waals surface area contributed by atoms with E-state index in [1.807, 2.05) is 0 Å². The van der Waals surface area contributed by atoms with E-state index in [0.29, 0.717) is 0 Å². The van der Waals surface area contributed by atoms with Gasteiger partial charge in [-0.2, -0.15) is 0 Å². The van der Waals surface area contributed by atoms with Gasteiger partial charge in [-0.25, -0.2) is 9.78 Å². The van der Waals surface area contributed by atoms with Crippen LogP contribution in [0.1, 0.15) is 10.5 Å². The van der Waals surface area contributed by atoms with Crippen molar-refractivity contribution >= 4 is 17.7 Å². The van der Waals surface area contributed by atoms with Crippen LogP contribution < -0.4 is 16.8 Å². The number of pyridine rings is 1. The van der Waals surface area contributed by atoms with Crippen LogP contribution in [0.5, 0.6) is 0 Å². The molecule has 0 radical (unpaired) electrons. The van der Waals surface area contributed by atoms with Crippen LogP contribution in [0.4, 0.5) is 10.5 Å². The van der Waals surface area contributed by atoms with Crippen molar-refractivity contribution in [3.05, 3.63) is 24.0 Å². The zero-order valence-corrected chi connectivity index (χ0v) is 8.47. The van der Waals surface area contributed by atoms with E-state index in [0.717, 1.165) is 0 Å². The van der Waals surface area contributed by atoms with Crippen LogP contribution in [-0.4, -0.2) is 30.1 Å². The molecule has 1 aromatic heterocycles. The Hall–Kier alpha value is -2.31. The zero-order valence-electron chi connectivity index (χ0n) is 8.47. The van der Waals surface area contributed by atoms with Gasteiger partial charge in [0, 0.05) is 6.20 Å². The van der Waals surface area contributed by atoms with E-state index >= 15 is 0 Å².